The monoisotopic (exact) mass is 410 g/mol. The van der Waals surface area contributed by atoms with E-state index in [9.17, 15) is 0 Å². The second-order valence-corrected chi connectivity index (χ2v) is 7.66. The van der Waals surface area contributed by atoms with Gasteiger partial charge in [-0.3, -0.25) is 0 Å². The second kappa shape index (κ2) is 11.0. The van der Waals surface area contributed by atoms with Gasteiger partial charge in [0.2, 0.25) is 5.88 Å². The van der Waals surface area contributed by atoms with Crippen LogP contribution >= 0.6 is 0 Å². The molecule has 162 valence electrons. The van der Waals surface area contributed by atoms with Gasteiger partial charge < -0.3 is 19.7 Å². The van der Waals surface area contributed by atoms with Gasteiger partial charge in [0.05, 0.1) is 12.6 Å². The van der Waals surface area contributed by atoms with Crippen LogP contribution in [0.3, 0.4) is 0 Å². The van der Waals surface area contributed by atoms with Crippen LogP contribution in [0.1, 0.15) is 43.4 Å². The minimum absolute atomic E-state index is 0.374. The molecule has 1 aromatic heterocycles. The molecule has 1 N–H and O–H groups in total. The molecule has 0 bridgehead atoms. The first-order valence-electron chi connectivity index (χ1n) is 10.9. The maximum Gasteiger partial charge on any atom is 0.219 e. The van der Waals surface area contributed by atoms with Gasteiger partial charge in [0.1, 0.15) is 5.75 Å². The van der Waals surface area contributed by atoms with Gasteiger partial charge in [-0.05, 0) is 75.4 Å². The molecule has 6 heteroatoms. The number of likely N-dealkylation sites (tertiary alicyclic amines) is 1. The van der Waals surface area contributed by atoms with Crippen LogP contribution in [0.15, 0.2) is 41.5 Å². The lowest BCUT2D eigenvalue weighted by atomic mass is 10.1. The molecule has 1 aliphatic heterocycles. The van der Waals surface area contributed by atoms with Crippen molar-refractivity contribution < 1.29 is 9.47 Å². The summed E-state index contributed by atoms with van der Waals surface area (Å²) in [5, 5.41) is 3.42. The molecular weight excluding hydrogens is 376 g/mol. The lowest BCUT2D eigenvalue weighted by Gasteiger charge is -2.34. The Kier molecular flexibility index (Phi) is 8.08. The molecule has 0 saturated carbocycles. The summed E-state index contributed by atoms with van der Waals surface area (Å²) in [5.41, 5.74) is 3.53. The number of rotatable bonds is 7. The van der Waals surface area contributed by atoms with Crippen LogP contribution < -0.4 is 10.1 Å². The molecule has 0 radical (unpaired) electrons. The van der Waals surface area contributed by atoms with Crippen molar-refractivity contribution in [2.24, 2.45) is 4.99 Å². The lowest BCUT2D eigenvalue weighted by molar-refractivity contribution is 0.0263. The Morgan fingerprint density at radius 1 is 1.13 bits per heavy atom. The molecule has 1 aliphatic rings. The van der Waals surface area contributed by atoms with E-state index in [1.165, 1.54) is 11.1 Å². The number of hydrogen-bond donors (Lipinski definition) is 1. The molecule has 0 unspecified atom stereocenters. The molecule has 6 nitrogen and oxygen atoms in total. The van der Waals surface area contributed by atoms with E-state index < -0.39 is 0 Å². The highest BCUT2D eigenvalue weighted by molar-refractivity contribution is 5.80. The van der Waals surface area contributed by atoms with Crippen LogP contribution in [0.4, 0.5) is 0 Å². The maximum atomic E-state index is 5.96. The number of aryl methyl sites for hydroxylation is 2. The highest BCUT2D eigenvalue weighted by Crippen LogP contribution is 2.23. The maximum absolute atomic E-state index is 5.96. The molecule has 1 fully saturated rings. The third-order valence-electron chi connectivity index (χ3n) is 5.39. The van der Waals surface area contributed by atoms with Crippen molar-refractivity contribution in [1.29, 1.82) is 0 Å². The van der Waals surface area contributed by atoms with Crippen LogP contribution in [-0.4, -0.2) is 48.2 Å². The third kappa shape index (κ3) is 6.20. The molecule has 0 atom stereocenters. The van der Waals surface area contributed by atoms with E-state index in [2.05, 4.69) is 49.0 Å². The van der Waals surface area contributed by atoms with Crippen LogP contribution in [0, 0.1) is 13.8 Å². The number of ether oxygens (including phenoxy) is 2. The fourth-order valence-corrected chi connectivity index (χ4v) is 3.56. The SMILES string of the molecule is CCNC(=NCc1ccnc(Oc2ccc(C)c(C)c2)c1)N1CCC(OCC)CC1. The van der Waals surface area contributed by atoms with Crippen molar-refractivity contribution in [2.75, 3.05) is 26.2 Å². The number of aliphatic imine (C=N–C) groups is 1. The Hall–Kier alpha value is -2.60. The third-order valence-corrected chi connectivity index (χ3v) is 5.39. The van der Waals surface area contributed by atoms with E-state index >= 15 is 0 Å². The van der Waals surface area contributed by atoms with Crippen molar-refractivity contribution in [3.63, 3.8) is 0 Å². The summed E-state index contributed by atoms with van der Waals surface area (Å²) in [7, 11) is 0. The van der Waals surface area contributed by atoms with E-state index in [4.69, 9.17) is 14.5 Å². The standard InChI is InChI=1S/C24H34N4O2/c1-5-25-24(28-13-10-21(11-14-28)29-6-2)27-17-20-9-12-26-23(16-20)30-22-8-7-18(3)19(4)15-22/h7-9,12,15-16,21H,5-6,10-11,13-14,17H2,1-4H3,(H,25,27). The molecule has 0 aliphatic carbocycles. The number of hydrogen-bond acceptors (Lipinski definition) is 4. The van der Waals surface area contributed by atoms with Crippen LogP contribution in [0.5, 0.6) is 11.6 Å². The van der Waals surface area contributed by atoms with Gasteiger partial charge in [0.25, 0.3) is 0 Å². The van der Waals surface area contributed by atoms with E-state index in [1.807, 2.05) is 24.3 Å². The summed E-state index contributed by atoms with van der Waals surface area (Å²) in [6.07, 6.45) is 4.24. The molecule has 1 aromatic carbocycles. The second-order valence-electron chi connectivity index (χ2n) is 7.66. The number of benzene rings is 1. The highest BCUT2D eigenvalue weighted by atomic mass is 16.5. The number of nitrogens with zero attached hydrogens (tertiary/aromatic N) is 3. The van der Waals surface area contributed by atoms with Gasteiger partial charge in [-0.15, -0.1) is 0 Å². The fourth-order valence-electron chi connectivity index (χ4n) is 3.56. The number of guanidine groups is 1. The van der Waals surface area contributed by atoms with Crippen molar-refractivity contribution in [2.45, 2.75) is 53.2 Å². The Morgan fingerprint density at radius 2 is 1.93 bits per heavy atom. The smallest absolute Gasteiger partial charge is 0.219 e. The normalized spacial score (nSPS) is 15.3. The fraction of sp³-hybridized carbons (Fsp3) is 0.500. The Morgan fingerprint density at radius 3 is 2.63 bits per heavy atom. The largest absolute Gasteiger partial charge is 0.439 e. The van der Waals surface area contributed by atoms with Gasteiger partial charge in [0, 0.05) is 38.5 Å². The van der Waals surface area contributed by atoms with Crippen LogP contribution in [0.25, 0.3) is 0 Å². The molecule has 30 heavy (non-hydrogen) atoms. The summed E-state index contributed by atoms with van der Waals surface area (Å²) < 4.78 is 11.7. The average Bonchev–Trinajstić information content (AvgIpc) is 2.75. The zero-order valence-corrected chi connectivity index (χ0v) is 18.6. The predicted molar refractivity (Wildman–Crippen MR) is 121 cm³/mol. The minimum Gasteiger partial charge on any atom is -0.439 e. The van der Waals surface area contributed by atoms with Crippen molar-refractivity contribution >= 4 is 5.96 Å². The van der Waals surface area contributed by atoms with Gasteiger partial charge in [-0.25, -0.2) is 9.98 Å². The van der Waals surface area contributed by atoms with Gasteiger partial charge in [-0.1, -0.05) is 6.07 Å². The molecule has 1 saturated heterocycles. The Balaban J connectivity index is 1.64. The molecule has 0 amide bonds. The molecular formula is C24H34N4O2. The highest BCUT2D eigenvalue weighted by Gasteiger charge is 2.21. The summed E-state index contributed by atoms with van der Waals surface area (Å²) in [5.74, 6) is 2.35. The Labute approximate surface area is 180 Å². The van der Waals surface area contributed by atoms with E-state index in [0.29, 0.717) is 18.5 Å². The number of pyridine rings is 1. The van der Waals surface area contributed by atoms with Crippen molar-refractivity contribution in [3.05, 3.63) is 53.2 Å². The number of nitrogens with one attached hydrogen (secondary N) is 1. The molecule has 2 aromatic rings. The average molecular weight is 411 g/mol. The topological polar surface area (TPSA) is 59.0 Å². The molecule has 0 spiro atoms. The van der Waals surface area contributed by atoms with E-state index in [0.717, 1.165) is 56.4 Å². The van der Waals surface area contributed by atoms with E-state index in [-0.39, 0.29) is 0 Å². The minimum atomic E-state index is 0.374. The summed E-state index contributed by atoms with van der Waals surface area (Å²) >= 11 is 0. The summed E-state index contributed by atoms with van der Waals surface area (Å²) in [6.45, 7) is 12.5. The van der Waals surface area contributed by atoms with Gasteiger partial charge in [0.15, 0.2) is 5.96 Å². The first-order chi connectivity index (χ1) is 14.6. The Bertz CT molecular complexity index is 845. The lowest BCUT2D eigenvalue weighted by Crippen LogP contribution is -2.47. The molecule has 2 heterocycles. The van der Waals surface area contributed by atoms with Gasteiger partial charge >= 0.3 is 0 Å². The summed E-state index contributed by atoms with van der Waals surface area (Å²) in [6, 6.07) is 10.0. The summed E-state index contributed by atoms with van der Waals surface area (Å²) in [4.78, 5) is 11.5. The van der Waals surface area contributed by atoms with Crippen LogP contribution in [0.2, 0.25) is 0 Å². The van der Waals surface area contributed by atoms with Crippen molar-refractivity contribution in [1.82, 2.24) is 15.2 Å². The number of piperidine rings is 1. The van der Waals surface area contributed by atoms with Crippen LogP contribution in [-0.2, 0) is 11.3 Å². The quantitative estimate of drug-likeness (QED) is 0.540. The zero-order valence-electron chi connectivity index (χ0n) is 18.6. The first kappa shape index (κ1) is 22.1. The molecule has 3 rings (SSSR count). The van der Waals surface area contributed by atoms with Gasteiger partial charge in [-0.2, -0.15) is 0 Å². The van der Waals surface area contributed by atoms with Crippen molar-refractivity contribution in [3.8, 4) is 11.6 Å². The number of aromatic nitrogens is 1. The first-order valence-corrected chi connectivity index (χ1v) is 10.9. The van der Waals surface area contributed by atoms with E-state index in [1.54, 1.807) is 6.20 Å². The zero-order chi connectivity index (χ0) is 21.3. The predicted octanol–water partition coefficient (Wildman–Crippen LogP) is 4.46.